The second-order valence-corrected chi connectivity index (χ2v) is 3.96. The normalized spacial score (nSPS) is 10.4. The van der Waals surface area contributed by atoms with Gasteiger partial charge in [0.05, 0.1) is 0 Å². The lowest BCUT2D eigenvalue weighted by Crippen LogP contribution is -1.89. The first kappa shape index (κ1) is 7.27. The van der Waals surface area contributed by atoms with Crippen LogP contribution in [-0.2, 0) is 4.43 Å². The van der Waals surface area contributed by atoms with E-state index in [0.717, 1.165) is 6.61 Å². The molecule has 0 saturated carbocycles. The maximum Gasteiger partial charge on any atom is 0.226 e. The van der Waals surface area contributed by atoms with Gasteiger partial charge in [0, 0.05) is 6.61 Å². The van der Waals surface area contributed by atoms with Gasteiger partial charge in [0.25, 0.3) is 0 Å². The molecule has 3 heteroatoms. The van der Waals surface area contributed by atoms with Gasteiger partial charge in [0.1, 0.15) is 0 Å². The molecule has 0 saturated heterocycles. The van der Waals surface area contributed by atoms with E-state index in [1.807, 2.05) is 12.3 Å². The summed E-state index contributed by atoms with van der Waals surface area (Å²) in [4.78, 5) is 0. The highest BCUT2D eigenvalue weighted by Gasteiger charge is 1.77. The van der Waals surface area contributed by atoms with Crippen molar-refractivity contribution >= 4 is 20.1 Å². The second-order valence-electron chi connectivity index (χ2n) is 0.944. The van der Waals surface area contributed by atoms with E-state index in [1.54, 1.807) is 11.2 Å². The van der Waals surface area contributed by atoms with E-state index in [0.29, 0.717) is 0 Å². The maximum absolute atomic E-state index is 5.10. The lowest BCUT2D eigenvalue weighted by atomic mass is 10.9. The van der Waals surface area contributed by atoms with Crippen molar-refractivity contribution in [3.05, 3.63) is 12.0 Å². The van der Waals surface area contributed by atoms with Crippen molar-refractivity contribution in [3.63, 3.8) is 0 Å². The fraction of sp³-hybridized carbons (Fsp3) is 0.500. The Morgan fingerprint density at radius 3 is 3.14 bits per heavy atom. The van der Waals surface area contributed by atoms with Gasteiger partial charge in [0.15, 0.2) is 0 Å². The van der Waals surface area contributed by atoms with Crippen LogP contribution in [0.25, 0.3) is 0 Å². The van der Waals surface area contributed by atoms with Gasteiger partial charge in [-0.2, -0.15) is 0 Å². The molecule has 0 aromatic carbocycles. The predicted molar refractivity (Wildman–Crippen MR) is 38.0 cm³/mol. The zero-order valence-electron chi connectivity index (χ0n) is 4.52. The summed E-state index contributed by atoms with van der Waals surface area (Å²) in [7, 11) is -0.290. The van der Waals surface area contributed by atoms with Gasteiger partial charge >= 0.3 is 0 Å². The topological polar surface area (TPSA) is 9.23 Å². The van der Waals surface area contributed by atoms with Crippen molar-refractivity contribution in [2.24, 2.45) is 0 Å². The molecule has 0 bridgehead atoms. The molecule has 0 aliphatic rings. The van der Waals surface area contributed by atoms with Crippen LogP contribution >= 0.6 is 11.2 Å². The van der Waals surface area contributed by atoms with Crippen molar-refractivity contribution in [3.8, 4) is 0 Å². The van der Waals surface area contributed by atoms with Crippen LogP contribution < -0.4 is 0 Å². The molecule has 0 fully saturated rings. The zero-order chi connectivity index (χ0) is 5.54. The zero-order valence-corrected chi connectivity index (χ0v) is 6.75. The summed E-state index contributed by atoms with van der Waals surface area (Å²) < 4.78 is 5.10. The van der Waals surface area contributed by atoms with Crippen LogP contribution in [0.4, 0.5) is 0 Å². The van der Waals surface area contributed by atoms with Crippen molar-refractivity contribution in [2.75, 3.05) is 6.61 Å². The Hall–Kier alpha value is 0.267. The van der Waals surface area contributed by atoms with Crippen LogP contribution in [0.3, 0.4) is 0 Å². The fourth-order valence-electron chi connectivity index (χ4n) is 0.180. The Labute approximate surface area is 50.7 Å². The lowest BCUT2D eigenvalue weighted by Gasteiger charge is -1.91. The Morgan fingerprint density at radius 2 is 2.71 bits per heavy atom. The first-order valence-corrected chi connectivity index (χ1v) is 5.58. The highest BCUT2D eigenvalue weighted by atomic mass is 32.4. The minimum absolute atomic E-state index is 0.290. The van der Waals surface area contributed by atoms with E-state index in [2.05, 4.69) is 6.58 Å². The van der Waals surface area contributed by atoms with Gasteiger partial charge in [-0.15, -0.1) is 11.2 Å². The molecule has 0 aliphatic heterocycles. The van der Waals surface area contributed by atoms with Crippen LogP contribution in [0, 0.1) is 0 Å². The number of hydrogen-bond acceptors (Lipinski definition) is 2. The lowest BCUT2D eigenvalue weighted by molar-refractivity contribution is 0.372. The molecule has 0 aromatic heterocycles. The molecule has 7 heavy (non-hydrogen) atoms. The third-order valence-electron chi connectivity index (χ3n) is 0.473. The van der Waals surface area contributed by atoms with Crippen LogP contribution in [0.5, 0.6) is 0 Å². The summed E-state index contributed by atoms with van der Waals surface area (Å²) in [5.74, 6) is 0. The molecule has 1 nitrogen and oxygen atoms in total. The highest BCUT2D eigenvalue weighted by molar-refractivity contribution is 8.24. The standard InChI is InChI=1S/C4H10OSSi/c1-3-5-7-6-4-2/h4H,2-3,7H2,1H3. The van der Waals surface area contributed by atoms with E-state index in [-0.39, 0.29) is 8.91 Å². The molecule has 0 spiro atoms. The van der Waals surface area contributed by atoms with E-state index in [9.17, 15) is 0 Å². The first-order valence-electron chi connectivity index (χ1n) is 2.22. The molecule has 0 rings (SSSR count). The summed E-state index contributed by atoms with van der Waals surface area (Å²) in [6.07, 6.45) is 0. The van der Waals surface area contributed by atoms with Crippen LogP contribution in [0.1, 0.15) is 6.92 Å². The van der Waals surface area contributed by atoms with Crippen molar-refractivity contribution < 1.29 is 4.43 Å². The molecule has 0 aromatic rings. The van der Waals surface area contributed by atoms with Gasteiger partial charge in [-0.25, -0.2) is 0 Å². The van der Waals surface area contributed by atoms with Gasteiger partial charge in [-0.05, 0) is 12.3 Å². The van der Waals surface area contributed by atoms with E-state index in [1.165, 1.54) is 0 Å². The average molecular weight is 134 g/mol. The summed E-state index contributed by atoms with van der Waals surface area (Å²) in [5.41, 5.74) is 0. The molecule has 0 atom stereocenters. The Morgan fingerprint density at radius 1 is 2.00 bits per heavy atom. The first-order chi connectivity index (χ1) is 3.41. The summed E-state index contributed by atoms with van der Waals surface area (Å²) >= 11 is 1.71. The molecule has 0 N–H and O–H groups in total. The maximum atomic E-state index is 5.10. The number of hydrogen-bond donors (Lipinski definition) is 0. The van der Waals surface area contributed by atoms with Gasteiger partial charge in [-0.3, -0.25) is 0 Å². The quantitative estimate of drug-likeness (QED) is 0.417. The van der Waals surface area contributed by atoms with E-state index in [4.69, 9.17) is 4.43 Å². The van der Waals surface area contributed by atoms with Gasteiger partial charge in [-0.1, -0.05) is 6.58 Å². The average Bonchev–Trinajstić information content (AvgIpc) is 1.69. The monoisotopic (exact) mass is 134 g/mol. The van der Waals surface area contributed by atoms with Crippen LogP contribution in [-0.4, -0.2) is 15.5 Å². The third kappa shape index (κ3) is 6.27. The van der Waals surface area contributed by atoms with Gasteiger partial charge < -0.3 is 4.43 Å². The minimum atomic E-state index is -0.290. The Kier molecular flexibility index (Phi) is 6.51. The third-order valence-corrected chi connectivity index (χ3v) is 3.04. The van der Waals surface area contributed by atoms with Crippen LogP contribution in [0.15, 0.2) is 12.0 Å². The molecule has 0 aliphatic carbocycles. The molecule has 0 heterocycles. The largest absolute Gasteiger partial charge is 0.413 e. The van der Waals surface area contributed by atoms with Gasteiger partial charge in [0.2, 0.25) is 8.91 Å². The SMILES string of the molecule is C=CS[SiH2]OCC. The molecule has 0 unspecified atom stereocenters. The van der Waals surface area contributed by atoms with Crippen molar-refractivity contribution in [2.45, 2.75) is 6.92 Å². The minimum Gasteiger partial charge on any atom is -0.413 e. The smallest absolute Gasteiger partial charge is 0.226 e. The highest BCUT2D eigenvalue weighted by Crippen LogP contribution is 1.94. The van der Waals surface area contributed by atoms with E-state index >= 15 is 0 Å². The van der Waals surface area contributed by atoms with Crippen LogP contribution in [0.2, 0.25) is 0 Å². The fourth-order valence-corrected chi connectivity index (χ4v) is 1.62. The Bertz CT molecular complexity index is 49.0. The molecule has 0 amide bonds. The van der Waals surface area contributed by atoms with E-state index < -0.39 is 0 Å². The predicted octanol–water partition coefficient (Wildman–Crippen LogP) is 0.898. The molecule has 42 valence electrons. The van der Waals surface area contributed by atoms with Crippen molar-refractivity contribution in [1.82, 2.24) is 0 Å². The summed E-state index contributed by atoms with van der Waals surface area (Å²) in [6, 6.07) is 0. The molecular formula is C4H10OSSi. The molecule has 0 radical (unpaired) electrons. The number of rotatable bonds is 4. The second kappa shape index (κ2) is 6.27. The Balaban J connectivity index is 2.56. The summed E-state index contributed by atoms with van der Waals surface area (Å²) in [6.45, 7) is 6.41. The summed E-state index contributed by atoms with van der Waals surface area (Å²) in [5, 5.41) is 1.84. The molecular weight excluding hydrogens is 124 g/mol. The van der Waals surface area contributed by atoms with Crippen molar-refractivity contribution in [1.29, 1.82) is 0 Å².